The molecule has 3 aromatic heterocycles. The van der Waals surface area contributed by atoms with Gasteiger partial charge in [0.15, 0.2) is 0 Å². The molecule has 0 unspecified atom stereocenters. The number of likely N-dealkylation sites (N-methyl/N-ethyl adjacent to an activating group) is 1. The largest absolute Gasteiger partial charge is 0.384 e. The zero-order chi connectivity index (χ0) is 23.1. The van der Waals surface area contributed by atoms with Crippen molar-refractivity contribution < 1.29 is 4.79 Å². The lowest BCUT2D eigenvalue weighted by atomic mass is 10.0. The van der Waals surface area contributed by atoms with Gasteiger partial charge in [-0.2, -0.15) is 5.10 Å². The van der Waals surface area contributed by atoms with E-state index in [2.05, 4.69) is 21.6 Å². The molecule has 0 bridgehead atoms. The van der Waals surface area contributed by atoms with E-state index in [4.69, 9.17) is 15.8 Å². The van der Waals surface area contributed by atoms with E-state index in [1.54, 1.807) is 30.3 Å². The molecule has 0 radical (unpaired) electrons. The van der Waals surface area contributed by atoms with Crippen molar-refractivity contribution in [3.63, 3.8) is 0 Å². The fourth-order valence-electron chi connectivity index (χ4n) is 4.78. The zero-order valence-corrected chi connectivity index (χ0v) is 20.4. The van der Waals surface area contributed by atoms with E-state index >= 15 is 0 Å². The Kier molecular flexibility index (Phi) is 5.92. The second kappa shape index (κ2) is 8.87. The predicted molar refractivity (Wildman–Crippen MR) is 131 cm³/mol. The molecule has 33 heavy (non-hydrogen) atoms. The number of rotatable bonds is 4. The highest BCUT2D eigenvalue weighted by Gasteiger charge is 2.31. The Hall–Kier alpha value is -2.78. The Bertz CT molecular complexity index is 1160. The topological polar surface area (TPSA) is 93.2 Å². The monoisotopic (exact) mass is 465 g/mol. The third-order valence-corrected chi connectivity index (χ3v) is 7.80. The average Bonchev–Trinajstić information content (AvgIpc) is 3.31. The molecule has 9 heteroatoms. The van der Waals surface area contributed by atoms with Gasteiger partial charge in [0.25, 0.3) is 0 Å². The number of aromatic nitrogens is 4. The molecule has 1 saturated heterocycles. The van der Waals surface area contributed by atoms with Gasteiger partial charge in [-0.1, -0.05) is 0 Å². The number of hydrogen-bond acceptors (Lipinski definition) is 7. The number of carbonyl (C=O) groups is 1. The van der Waals surface area contributed by atoms with Gasteiger partial charge in [-0.3, -0.25) is 9.48 Å². The van der Waals surface area contributed by atoms with E-state index < -0.39 is 0 Å². The van der Waals surface area contributed by atoms with Gasteiger partial charge in [0, 0.05) is 31.4 Å². The summed E-state index contributed by atoms with van der Waals surface area (Å²) in [4.78, 5) is 26.8. The van der Waals surface area contributed by atoms with Crippen LogP contribution in [0.4, 0.5) is 5.82 Å². The van der Waals surface area contributed by atoms with Crippen LogP contribution in [0, 0.1) is 0 Å². The SMILES string of the molecule is CN1CCC(n2nc(-c3ccc(N)nc3)c3c2-c2sc(CC(=O)N(C)C)nc2CCC3)CC1. The maximum absolute atomic E-state index is 12.4. The van der Waals surface area contributed by atoms with E-state index in [0.29, 0.717) is 18.3 Å². The Morgan fingerprint density at radius 3 is 2.73 bits per heavy atom. The normalized spacial score (nSPS) is 16.8. The minimum Gasteiger partial charge on any atom is -0.384 e. The summed E-state index contributed by atoms with van der Waals surface area (Å²) >= 11 is 1.66. The summed E-state index contributed by atoms with van der Waals surface area (Å²) in [5.41, 5.74) is 11.4. The minimum atomic E-state index is 0.0802. The van der Waals surface area contributed by atoms with Crippen molar-refractivity contribution in [2.24, 2.45) is 0 Å². The number of hydrogen-bond donors (Lipinski definition) is 1. The van der Waals surface area contributed by atoms with E-state index in [9.17, 15) is 4.79 Å². The van der Waals surface area contributed by atoms with Gasteiger partial charge >= 0.3 is 0 Å². The highest BCUT2D eigenvalue weighted by Crippen LogP contribution is 2.43. The van der Waals surface area contributed by atoms with Crippen LogP contribution in [0.1, 0.15) is 41.6 Å². The molecule has 1 aliphatic carbocycles. The van der Waals surface area contributed by atoms with Gasteiger partial charge < -0.3 is 15.5 Å². The van der Waals surface area contributed by atoms with Crippen molar-refractivity contribution in [2.45, 2.75) is 44.6 Å². The maximum atomic E-state index is 12.4. The number of likely N-dealkylation sites (tertiary alicyclic amines) is 1. The minimum absolute atomic E-state index is 0.0802. The van der Waals surface area contributed by atoms with Gasteiger partial charge in [-0.05, 0) is 64.4 Å². The number of fused-ring (bicyclic) bond motifs is 3. The first-order valence-corrected chi connectivity index (χ1v) is 12.4. The van der Waals surface area contributed by atoms with Crippen LogP contribution in [0.5, 0.6) is 0 Å². The molecule has 8 nitrogen and oxygen atoms in total. The molecule has 1 amide bonds. The van der Waals surface area contributed by atoms with Crippen LogP contribution in [0.25, 0.3) is 21.8 Å². The highest BCUT2D eigenvalue weighted by molar-refractivity contribution is 7.15. The fraction of sp³-hybridized carbons (Fsp3) is 0.500. The standard InChI is InChI=1S/C24H31N7OS/c1-29(2)21(32)13-20-27-18-6-4-5-17-22(15-7-8-19(25)26-14-15)28-31(23(17)24(18)33-20)16-9-11-30(3)12-10-16/h7-8,14,16H,4-6,9-13H2,1-3H3,(H2,25,26). The van der Waals surface area contributed by atoms with Gasteiger partial charge in [-0.25, -0.2) is 9.97 Å². The summed E-state index contributed by atoms with van der Waals surface area (Å²) in [5, 5.41) is 6.09. The zero-order valence-electron chi connectivity index (χ0n) is 19.5. The molecular formula is C24H31N7OS. The predicted octanol–water partition coefficient (Wildman–Crippen LogP) is 3.04. The second-order valence-corrected chi connectivity index (χ2v) is 10.4. The van der Waals surface area contributed by atoms with E-state index in [1.807, 2.05) is 18.3 Å². The third-order valence-electron chi connectivity index (χ3n) is 6.70. The molecule has 3 aromatic rings. The molecule has 2 N–H and O–H groups in total. The lowest BCUT2D eigenvalue weighted by Crippen LogP contribution is -2.32. The molecule has 1 aliphatic heterocycles. The van der Waals surface area contributed by atoms with Crippen LogP contribution in [0.15, 0.2) is 18.3 Å². The van der Waals surface area contributed by atoms with Gasteiger partial charge in [0.05, 0.1) is 34.4 Å². The molecule has 0 aromatic carbocycles. The highest BCUT2D eigenvalue weighted by atomic mass is 32.1. The number of amides is 1. The molecule has 2 aliphatic rings. The van der Waals surface area contributed by atoms with Gasteiger partial charge in [-0.15, -0.1) is 11.3 Å². The Morgan fingerprint density at radius 2 is 2.03 bits per heavy atom. The second-order valence-electron chi connectivity index (χ2n) is 9.33. The number of aryl methyl sites for hydroxylation is 1. The quantitative estimate of drug-likeness (QED) is 0.637. The van der Waals surface area contributed by atoms with E-state index in [-0.39, 0.29) is 5.91 Å². The molecule has 174 valence electrons. The number of nitrogens with zero attached hydrogens (tertiary/aromatic N) is 6. The maximum Gasteiger partial charge on any atom is 0.228 e. The summed E-state index contributed by atoms with van der Waals surface area (Å²) in [6.45, 7) is 2.13. The van der Waals surface area contributed by atoms with Crippen molar-refractivity contribution in [2.75, 3.05) is 40.0 Å². The average molecular weight is 466 g/mol. The number of piperidine rings is 1. The number of nitrogen functional groups attached to an aromatic ring is 1. The summed E-state index contributed by atoms with van der Waals surface area (Å²) in [5.74, 6) is 0.594. The first kappa shape index (κ1) is 22.0. The summed E-state index contributed by atoms with van der Waals surface area (Å²) < 4.78 is 2.27. The number of anilines is 1. The lowest BCUT2D eigenvalue weighted by Gasteiger charge is -2.30. The smallest absolute Gasteiger partial charge is 0.228 e. The molecule has 4 heterocycles. The number of carbonyl (C=O) groups excluding carboxylic acids is 1. The van der Waals surface area contributed by atoms with Crippen LogP contribution >= 0.6 is 11.3 Å². The first-order chi connectivity index (χ1) is 15.9. The van der Waals surface area contributed by atoms with Crippen LogP contribution in [0.2, 0.25) is 0 Å². The summed E-state index contributed by atoms with van der Waals surface area (Å²) in [6, 6.07) is 4.21. The van der Waals surface area contributed by atoms with Crippen LogP contribution in [0.3, 0.4) is 0 Å². The van der Waals surface area contributed by atoms with Crippen LogP contribution in [-0.4, -0.2) is 69.7 Å². The first-order valence-electron chi connectivity index (χ1n) is 11.6. The van der Waals surface area contributed by atoms with Crippen molar-refractivity contribution in [1.82, 2.24) is 29.5 Å². The molecular weight excluding hydrogens is 434 g/mol. The lowest BCUT2D eigenvalue weighted by molar-refractivity contribution is -0.127. The van der Waals surface area contributed by atoms with E-state index in [0.717, 1.165) is 67.2 Å². The molecule has 0 spiro atoms. The molecule has 1 fully saturated rings. The number of nitrogens with two attached hydrogens (primary N) is 1. The summed E-state index contributed by atoms with van der Waals surface area (Å²) in [6.07, 6.45) is 7.21. The van der Waals surface area contributed by atoms with Crippen LogP contribution in [-0.2, 0) is 24.1 Å². The van der Waals surface area contributed by atoms with Gasteiger partial charge in [0.2, 0.25) is 5.91 Å². The Labute approximate surface area is 198 Å². The fourth-order valence-corrected chi connectivity index (χ4v) is 5.94. The third kappa shape index (κ3) is 4.27. The van der Waals surface area contributed by atoms with Crippen molar-refractivity contribution in [3.05, 3.63) is 34.6 Å². The molecule has 5 rings (SSSR count). The number of thiazole rings is 1. The Balaban J connectivity index is 1.63. The van der Waals surface area contributed by atoms with E-state index in [1.165, 1.54) is 16.1 Å². The van der Waals surface area contributed by atoms with Gasteiger partial charge in [0.1, 0.15) is 10.8 Å². The Morgan fingerprint density at radius 1 is 1.24 bits per heavy atom. The van der Waals surface area contributed by atoms with Crippen molar-refractivity contribution in [3.8, 4) is 21.8 Å². The number of pyridine rings is 1. The van der Waals surface area contributed by atoms with Crippen LogP contribution < -0.4 is 5.73 Å². The van der Waals surface area contributed by atoms with Crippen molar-refractivity contribution in [1.29, 1.82) is 0 Å². The summed E-state index contributed by atoms with van der Waals surface area (Å²) in [7, 11) is 5.77. The molecule has 0 saturated carbocycles. The van der Waals surface area contributed by atoms with Crippen molar-refractivity contribution >= 4 is 23.1 Å². The molecule has 0 atom stereocenters.